The van der Waals surface area contributed by atoms with Crippen LogP contribution in [0.25, 0.3) is 5.70 Å². The van der Waals surface area contributed by atoms with Gasteiger partial charge in [-0.05, 0) is 23.8 Å². The summed E-state index contributed by atoms with van der Waals surface area (Å²) < 4.78 is 0. The lowest BCUT2D eigenvalue weighted by molar-refractivity contribution is -0.128. The number of carbonyl (C=O) groups is 2. The number of carbonyl (C=O) groups excluding carboxylic acids is 2. The van der Waals surface area contributed by atoms with Crippen LogP contribution in [-0.2, 0) is 16.1 Å². The van der Waals surface area contributed by atoms with E-state index in [4.69, 9.17) is 4.84 Å². The van der Waals surface area contributed by atoms with E-state index in [-0.39, 0.29) is 18.0 Å². The predicted octanol–water partition coefficient (Wildman–Crippen LogP) is 3.37. The average Bonchev–Trinajstić information content (AvgIpc) is 3.26. The monoisotopic (exact) mass is 370 g/mol. The lowest BCUT2D eigenvalue weighted by Gasteiger charge is -2.07. The average molecular weight is 370 g/mol. The molecule has 1 aromatic heterocycles. The van der Waals surface area contributed by atoms with Gasteiger partial charge in [0.2, 0.25) is 0 Å². The molecule has 0 aliphatic carbocycles. The first-order valence-corrected chi connectivity index (χ1v) is 8.96. The van der Waals surface area contributed by atoms with Crippen LogP contribution in [0.3, 0.4) is 0 Å². The zero-order valence-electron chi connectivity index (χ0n) is 15.0. The fourth-order valence-electron chi connectivity index (χ4n) is 3.01. The summed E-state index contributed by atoms with van der Waals surface area (Å²) in [5, 5.41) is 0. The summed E-state index contributed by atoms with van der Waals surface area (Å²) in [4.78, 5) is 34.5. The van der Waals surface area contributed by atoms with Gasteiger partial charge < -0.3 is 0 Å². The van der Waals surface area contributed by atoms with E-state index in [0.717, 1.165) is 16.8 Å². The summed E-state index contributed by atoms with van der Waals surface area (Å²) in [6.45, 7) is 0. The Bertz CT molecular complexity index is 1010. The van der Waals surface area contributed by atoms with E-state index in [0.29, 0.717) is 11.1 Å². The molecule has 0 amide bonds. The molecule has 3 aromatic rings. The van der Waals surface area contributed by atoms with Crippen LogP contribution in [0.2, 0.25) is 0 Å². The third kappa shape index (κ3) is 3.89. The van der Waals surface area contributed by atoms with Crippen molar-refractivity contribution in [3.8, 4) is 0 Å². The maximum absolute atomic E-state index is 12.5. The van der Waals surface area contributed by atoms with Gasteiger partial charge in [0.05, 0.1) is 5.70 Å². The molecule has 1 aliphatic heterocycles. The highest BCUT2D eigenvalue weighted by molar-refractivity contribution is 6.09. The molecule has 2 aromatic carbocycles. The highest BCUT2D eigenvalue weighted by Gasteiger charge is 2.24. The Morgan fingerprint density at radius 3 is 2.39 bits per heavy atom. The zero-order chi connectivity index (χ0) is 19.3. The van der Waals surface area contributed by atoms with Crippen molar-refractivity contribution in [3.63, 3.8) is 0 Å². The number of nitrogens with zero attached hydrogens (tertiary/aromatic N) is 1. The Kier molecular flexibility index (Phi) is 5.08. The molecule has 0 spiro atoms. The van der Waals surface area contributed by atoms with Gasteiger partial charge in [0.1, 0.15) is 0 Å². The van der Waals surface area contributed by atoms with E-state index in [9.17, 15) is 9.59 Å². The Hall–Kier alpha value is -3.57. The fourth-order valence-corrected chi connectivity index (χ4v) is 3.01. The molecule has 5 heteroatoms. The third-order valence-corrected chi connectivity index (χ3v) is 4.53. The standard InChI is InChI=1S/C23H18N2O3/c26-21(22-14-20(25-28-22)19-7-4-12-24-15-19)13-16-8-10-18(11-9-16)23(27)17-5-2-1-3-6-17/h1-12,14-15,22,25H,13H2. The molecule has 5 nitrogen and oxygen atoms in total. The molecule has 138 valence electrons. The summed E-state index contributed by atoms with van der Waals surface area (Å²) >= 11 is 0. The van der Waals surface area contributed by atoms with Crippen molar-refractivity contribution in [2.24, 2.45) is 0 Å². The van der Waals surface area contributed by atoms with E-state index in [1.165, 1.54) is 0 Å². The lowest BCUT2D eigenvalue weighted by atomic mass is 9.99. The number of hydrogen-bond donors (Lipinski definition) is 1. The van der Waals surface area contributed by atoms with E-state index in [2.05, 4.69) is 10.5 Å². The van der Waals surface area contributed by atoms with Crippen LogP contribution < -0.4 is 5.48 Å². The topological polar surface area (TPSA) is 68.3 Å². The van der Waals surface area contributed by atoms with Crippen molar-refractivity contribution in [2.45, 2.75) is 12.5 Å². The van der Waals surface area contributed by atoms with Gasteiger partial charge in [-0.15, -0.1) is 0 Å². The number of rotatable bonds is 6. The molecular weight excluding hydrogens is 352 g/mol. The van der Waals surface area contributed by atoms with Gasteiger partial charge in [-0.25, -0.2) is 0 Å². The van der Waals surface area contributed by atoms with Crippen LogP contribution in [0, 0.1) is 0 Å². The molecule has 28 heavy (non-hydrogen) atoms. The molecular formula is C23H18N2O3. The minimum atomic E-state index is -0.652. The number of pyridine rings is 1. The van der Waals surface area contributed by atoms with E-state index >= 15 is 0 Å². The SMILES string of the molecule is O=C(c1ccccc1)c1ccc(CC(=O)C2C=C(c3cccnc3)NO2)cc1. The van der Waals surface area contributed by atoms with Gasteiger partial charge >= 0.3 is 0 Å². The first-order chi connectivity index (χ1) is 13.7. The highest BCUT2D eigenvalue weighted by atomic mass is 16.7. The lowest BCUT2D eigenvalue weighted by Crippen LogP contribution is -2.23. The van der Waals surface area contributed by atoms with Crippen molar-refractivity contribution in [1.82, 2.24) is 10.5 Å². The minimum Gasteiger partial charge on any atom is -0.296 e. The van der Waals surface area contributed by atoms with E-state index in [1.807, 2.05) is 42.5 Å². The molecule has 0 saturated carbocycles. The van der Waals surface area contributed by atoms with Gasteiger partial charge in [0, 0.05) is 35.5 Å². The first kappa shape index (κ1) is 17.8. The van der Waals surface area contributed by atoms with Crippen LogP contribution in [0.4, 0.5) is 0 Å². The van der Waals surface area contributed by atoms with Crippen LogP contribution in [0.5, 0.6) is 0 Å². The largest absolute Gasteiger partial charge is 0.296 e. The van der Waals surface area contributed by atoms with Gasteiger partial charge in [-0.2, -0.15) is 0 Å². The molecule has 2 heterocycles. The van der Waals surface area contributed by atoms with Crippen molar-refractivity contribution in [3.05, 3.63) is 107 Å². The maximum Gasteiger partial charge on any atom is 0.193 e. The number of hydrogen-bond acceptors (Lipinski definition) is 5. The third-order valence-electron chi connectivity index (χ3n) is 4.53. The number of aromatic nitrogens is 1. The number of Topliss-reactive ketones (excluding diaryl/α,β-unsaturated/α-hetero) is 1. The van der Waals surface area contributed by atoms with Gasteiger partial charge in [0.25, 0.3) is 0 Å². The smallest absolute Gasteiger partial charge is 0.193 e. The molecule has 0 radical (unpaired) electrons. The van der Waals surface area contributed by atoms with Gasteiger partial charge in [0.15, 0.2) is 17.7 Å². The normalized spacial score (nSPS) is 15.6. The Labute approximate surface area is 162 Å². The van der Waals surface area contributed by atoms with Crippen LogP contribution in [-0.4, -0.2) is 22.7 Å². The summed E-state index contributed by atoms with van der Waals surface area (Å²) in [5.41, 5.74) is 6.46. The zero-order valence-corrected chi connectivity index (χ0v) is 15.0. The Morgan fingerprint density at radius 2 is 1.68 bits per heavy atom. The number of nitrogens with one attached hydrogen (secondary N) is 1. The number of benzene rings is 2. The molecule has 1 aliphatic rings. The molecule has 4 rings (SSSR count). The van der Waals surface area contributed by atoms with Gasteiger partial charge in [-0.1, -0.05) is 54.6 Å². The van der Waals surface area contributed by atoms with E-state index in [1.54, 1.807) is 42.7 Å². The van der Waals surface area contributed by atoms with Crippen LogP contribution >= 0.6 is 0 Å². The fraction of sp³-hybridized carbons (Fsp3) is 0.0870. The Morgan fingerprint density at radius 1 is 0.929 bits per heavy atom. The number of hydroxylamine groups is 1. The first-order valence-electron chi connectivity index (χ1n) is 8.96. The highest BCUT2D eigenvalue weighted by Crippen LogP contribution is 2.19. The second-order valence-electron chi connectivity index (χ2n) is 6.50. The van der Waals surface area contributed by atoms with Crippen molar-refractivity contribution < 1.29 is 14.4 Å². The molecule has 1 atom stereocenters. The summed E-state index contributed by atoms with van der Waals surface area (Å²) in [5.74, 6) is -0.0978. The summed E-state index contributed by atoms with van der Waals surface area (Å²) in [6.07, 6.45) is 4.72. The molecule has 1 unspecified atom stereocenters. The predicted molar refractivity (Wildman–Crippen MR) is 105 cm³/mol. The maximum atomic E-state index is 12.5. The quantitative estimate of drug-likeness (QED) is 0.674. The minimum absolute atomic E-state index is 0.0363. The molecule has 0 fully saturated rings. The Balaban J connectivity index is 1.41. The van der Waals surface area contributed by atoms with Gasteiger partial charge in [-0.3, -0.25) is 24.9 Å². The molecule has 0 saturated heterocycles. The summed E-state index contributed by atoms with van der Waals surface area (Å²) in [7, 11) is 0. The van der Waals surface area contributed by atoms with Crippen molar-refractivity contribution >= 4 is 17.3 Å². The summed E-state index contributed by atoms with van der Waals surface area (Å²) in [6, 6.07) is 20.0. The van der Waals surface area contributed by atoms with E-state index < -0.39 is 6.10 Å². The van der Waals surface area contributed by atoms with Crippen molar-refractivity contribution in [1.29, 1.82) is 0 Å². The molecule has 0 bridgehead atoms. The molecule has 1 N–H and O–H groups in total. The number of ketones is 2. The second kappa shape index (κ2) is 7.98. The van der Waals surface area contributed by atoms with Crippen molar-refractivity contribution in [2.75, 3.05) is 0 Å². The van der Waals surface area contributed by atoms with Crippen LogP contribution in [0.1, 0.15) is 27.0 Å². The van der Waals surface area contributed by atoms with Crippen LogP contribution in [0.15, 0.2) is 85.2 Å². The second-order valence-corrected chi connectivity index (χ2v) is 6.50.